The first kappa shape index (κ1) is 25.2. The SMILES string of the molecule is c1ccc2c(c1)CSCCCOc1ccc3ccccc3c1-c1c(ccc3ccccc13)OCCCSC2. The van der Waals surface area contributed by atoms with E-state index in [1.807, 2.05) is 23.5 Å². The van der Waals surface area contributed by atoms with E-state index in [2.05, 4.69) is 97.1 Å². The zero-order chi connectivity index (χ0) is 25.6. The van der Waals surface area contributed by atoms with Crippen LogP contribution in [0.1, 0.15) is 24.0 Å². The van der Waals surface area contributed by atoms with Gasteiger partial charge in [-0.1, -0.05) is 84.9 Å². The van der Waals surface area contributed by atoms with Gasteiger partial charge in [-0.25, -0.2) is 0 Å². The Morgan fingerprint density at radius 2 is 0.921 bits per heavy atom. The number of ether oxygens (including phenoxy) is 2. The molecule has 2 nitrogen and oxygen atoms in total. The minimum atomic E-state index is 0.691. The fraction of sp³-hybridized carbons (Fsp3) is 0.235. The maximum absolute atomic E-state index is 6.54. The smallest absolute Gasteiger partial charge is 0.127 e. The summed E-state index contributed by atoms with van der Waals surface area (Å²) in [5.74, 6) is 6.12. The van der Waals surface area contributed by atoms with E-state index in [9.17, 15) is 0 Å². The second kappa shape index (κ2) is 12.2. The van der Waals surface area contributed by atoms with Crippen molar-refractivity contribution in [1.82, 2.24) is 0 Å². The first-order valence-corrected chi connectivity index (χ1v) is 15.7. The summed E-state index contributed by atoms with van der Waals surface area (Å²) in [7, 11) is 0. The number of benzene rings is 5. The maximum Gasteiger partial charge on any atom is 0.127 e. The molecule has 38 heavy (non-hydrogen) atoms. The molecule has 0 bridgehead atoms. The van der Waals surface area contributed by atoms with Crippen LogP contribution < -0.4 is 9.47 Å². The molecular weight excluding hydrogens is 505 g/mol. The largest absolute Gasteiger partial charge is 0.493 e. The standard InChI is InChI=1S/C34H32O2S2/c1-2-12-28-24-38-22-8-20-36-32-18-16-26-10-4-6-14-30(26)34(32)33-29-13-5-3-9-25(29)15-17-31(33)35-19-7-21-37-23-27(28)11-1/h1-6,9-18H,7-8,19-24H2. The van der Waals surface area contributed by atoms with Crippen LogP contribution in [0, 0.1) is 0 Å². The van der Waals surface area contributed by atoms with Crippen molar-refractivity contribution in [3.63, 3.8) is 0 Å². The zero-order valence-corrected chi connectivity index (χ0v) is 23.2. The normalized spacial score (nSPS) is 15.3. The van der Waals surface area contributed by atoms with Crippen LogP contribution in [-0.2, 0) is 11.5 Å². The van der Waals surface area contributed by atoms with Gasteiger partial charge in [0.25, 0.3) is 0 Å². The van der Waals surface area contributed by atoms with Crippen LogP contribution in [0.5, 0.6) is 11.5 Å². The zero-order valence-electron chi connectivity index (χ0n) is 21.5. The molecule has 0 fully saturated rings. The Bertz CT molecular complexity index is 1430. The third kappa shape index (κ3) is 5.52. The van der Waals surface area contributed by atoms with Crippen LogP contribution in [0.15, 0.2) is 97.1 Å². The molecule has 0 N–H and O–H groups in total. The molecule has 5 aromatic carbocycles. The van der Waals surface area contributed by atoms with Crippen molar-refractivity contribution in [2.75, 3.05) is 24.7 Å². The van der Waals surface area contributed by atoms with Crippen molar-refractivity contribution in [2.45, 2.75) is 24.3 Å². The second-order valence-electron chi connectivity index (χ2n) is 9.60. The maximum atomic E-state index is 6.54. The minimum absolute atomic E-state index is 0.691. The molecule has 0 radical (unpaired) electrons. The van der Waals surface area contributed by atoms with Crippen molar-refractivity contribution in [3.8, 4) is 22.6 Å². The predicted octanol–water partition coefficient (Wildman–Crippen LogP) is 9.38. The highest BCUT2D eigenvalue weighted by molar-refractivity contribution is 7.98. The van der Waals surface area contributed by atoms with E-state index in [0.717, 1.165) is 58.5 Å². The number of hydrogen-bond acceptors (Lipinski definition) is 4. The fourth-order valence-corrected chi connectivity index (χ4v) is 7.08. The summed E-state index contributed by atoms with van der Waals surface area (Å²) >= 11 is 4.01. The van der Waals surface area contributed by atoms with E-state index in [0.29, 0.717) is 13.2 Å². The van der Waals surface area contributed by atoms with Gasteiger partial charge in [-0.3, -0.25) is 0 Å². The molecule has 192 valence electrons. The highest BCUT2D eigenvalue weighted by atomic mass is 32.2. The van der Waals surface area contributed by atoms with Gasteiger partial charge < -0.3 is 9.47 Å². The number of thioether (sulfide) groups is 2. The van der Waals surface area contributed by atoms with Crippen LogP contribution >= 0.6 is 23.5 Å². The Kier molecular flexibility index (Phi) is 8.09. The average molecular weight is 537 g/mol. The summed E-state index contributed by atoms with van der Waals surface area (Å²) in [6, 6.07) is 34.7. The second-order valence-corrected chi connectivity index (χ2v) is 11.8. The van der Waals surface area contributed by atoms with Crippen molar-refractivity contribution >= 4 is 45.1 Å². The number of hydrogen-bond donors (Lipinski definition) is 0. The topological polar surface area (TPSA) is 18.5 Å². The molecule has 4 heteroatoms. The Balaban J connectivity index is 1.40. The third-order valence-corrected chi connectivity index (χ3v) is 9.23. The first-order chi connectivity index (χ1) is 18.9. The van der Waals surface area contributed by atoms with E-state index in [1.54, 1.807) is 0 Å². The van der Waals surface area contributed by atoms with E-state index in [1.165, 1.54) is 32.7 Å². The molecule has 1 aliphatic rings. The molecule has 0 amide bonds. The van der Waals surface area contributed by atoms with Crippen LogP contribution in [0.3, 0.4) is 0 Å². The van der Waals surface area contributed by atoms with Gasteiger partial charge in [-0.15, -0.1) is 0 Å². The van der Waals surface area contributed by atoms with Crippen molar-refractivity contribution in [3.05, 3.63) is 108 Å². The Labute approximate surface area is 233 Å². The highest BCUT2D eigenvalue weighted by Crippen LogP contribution is 2.45. The molecule has 0 unspecified atom stereocenters. The van der Waals surface area contributed by atoms with Gasteiger partial charge >= 0.3 is 0 Å². The van der Waals surface area contributed by atoms with E-state index < -0.39 is 0 Å². The molecule has 6 rings (SSSR count). The lowest BCUT2D eigenvalue weighted by Crippen LogP contribution is -2.04. The van der Waals surface area contributed by atoms with E-state index >= 15 is 0 Å². The summed E-state index contributed by atoms with van der Waals surface area (Å²) in [4.78, 5) is 0. The van der Waals surface area contributed by atoms with Gasteiger partial charge in [0.05, 0.1) is 13.2 Å². The Hall–Kier alpha value is -3.08. The van der Waals surface area contributed by atoms with Crippen molar-refractivity contribution in [1.29, 1.82) is 0 Å². The fourth-order valence-electron chi connectivity index (χ4n) is 5.15. The predicted molar refractivity (Wildman–Crippen MR) is 166 cm³/mol. The number of fused-ring (bicyclic) bond motifs is 8. The van der Waals surface area contributed by atoms with Crippen molar-refractivity contribution < 1.29 is 9.47 Å². The number of rotatable bonds is 0. The van der Waals surface area contributed by atoms with Crippen LogP contribution in [0.4, 0.5) is 0 Å². The summed E-state index contributed by atoms with van der Waals surface area (Å²) < 4.78 is 13.1. The summed E-state index contributed by atoms with van der Waals surface area (Å²) in [6.45, 7) is 1.38. The summed E-state index contributed by atoms with van der Waals surface area (Å²) in [6.07, 6.45) is 2.01. The molecule has 0 aromatic heterocycles. The van der Waals surface area contributed by atoms with Gasteiger partial charge in [0.2, 0.25) is 0 Å². The van der Waals surface area contributed by atoms with Gasteiger partial charge in [0, 0.05) is 22.6 Å². The van der Waals surface area contributed by atoms with Crippen molar-refractivity contribution in [2.24, 2.45) is 0 Å². The Morgan fingerprint density at radius 1 is 0.474 bits per heavy atom. The highest BCUT2D eigenvalue weighted by Gasteiger charge is 2.19. The molecule has 1 aliphatic heterocycles. The average Bonchev–Trinajstić information content (AvgIpc) is 2.96. The molecule has 5 aromatic rings. The van der Waals surface area contributed by atoms with Gasteiger partial charge in [0.15, 0.2) is 0 Å². The summed E-state index contributed by atoms with van der Waals surface area (Å²) in [5.41, 5.74) is 5.18. The molecule has 0 spiro atoms. The molecule has 1 heterocycles. The lowest BCUT2D eigenvalue weighted by molar-refractivity contribution is 0.316. The monoisotopic (exact) mass is 536 g/mol. The lowest BCUT2D eigenvalue weighted by atomic mass is 9.92. The first-order valence-electron chi connectivity index (χ1n) is 13.4. The van der Waals surface area contributed by atoms with Crippen LogP contribution in [0.2, 0.25) is 0 Å². The molecule has 0 saturated heterocycles. The molecule has 0 saturated carbocycles. The molecule has 0 aliphatic carbocycles. The Morgan fingerprint density at radius 3 is 1.42 bits per heavy atom. The van der Waals surface area contributed by atoms with Gasteiger partial charge in [0.1, 0.15) is 11.5 Å². The quantitative estimate of drug-likeness (QED) is 0.196. The van der Waals surface area contributed by atoms with Crippen LogP contribution in [0.25, 0.3) is 32.7 Å². The third-order valence-electron chi connectivity index (χ3n) is 7.05. The molecular formula is C34H32O2S2. The van der Waals surface area contributed by atoms with Gasteiger partial charge in [-0.05, 0) is 69.2 Å². The summed E-state index contributed by atoms with van der Waals surface area (Å²) in [5, 5.41) is 4.81. The van der Waals surface area contributed by atoms with Crippen LogP contribution in [-0.4, -0.2) is 24.7 Å². The lowest BCUT2D eigenvalue weighted by Gasteiger charge is -2.20. The van der Waals surface area contributed by atoms with E-state index in [-0.39, 0.29) is 0 Å². The minimum Gasteiger partial charge on any atom is -0.493 e. The molecule has 0 atom stereocenters. The van der Waals surface area contributed by atoms with E-state index in [4.69, 9.17) is 9.47 Å². The van der Waals surface area contributed by atoms with Gasteiger partial charge in [-0.2, -0.15) is 23.5 Å².